The fourth-order valence-electron chi connectivity index (χ4n) is 2.47. The van der Waals surface area contributed by atoms with Crippen LogP contribution in [-0.2, 0) is 6.54 Å². The molecule has 1 aliphatic heterocycles. The first-order valence-corrected chi connectivity index (χ1v) is 7.30. The van der Waals surface area contributed by atoms with Crippen molar-refractivity contribution in [3.63, 3.8) is 0 Å². The Hall–Kier alpha value is -1.14. The zero-order valence-corrected chi connectivity index (χ0v) is 12.4. The average molecular weight is 326 g/mol. The van der Waals surface area contributed by atoms with Crippen molar-refractivity contribution in [1.29, 1.82) is 0 Å². The highest BCUT2D eigenvalue weighted by molar-refractivity contribution is 9.10. The summed E-state index contributed by atoms with van der Waals surface area (Å²) in [6.07, 6.45) is 2.55. The minimum atomic E-state index is 0.436. The molecule has 0 aromatic carbocycles. The number of hydrogen-bond donors (Lipinski definition) is 0. The molecule has 6 heteroatoms. The van der Waals surface area contributed by atoms with Crippen LogP contribution in [0.3, 0.4) is 0 Å². The topological polar surface area (TPSA) is 55.3 Å². The molecule has 0 unspecified atom stereocenters. The van der Waals surface area contributed by atoms with Crippen LogP contribution in [0.5, 0.6) is 0 Å². The van der Waals surface area contributed by atoms with Crippen LogP contribution in [0.2, 0.25) is 0 Å². The SMILES string of the molecule is C[C@H]1CCCN(Cc2nnc(-c3ccc(Br)o3)o2)C1. The number of furan rings is 1. The van der Waals surface area contributed by atoms with E-state index in [0.717, 1.165) is 25.6 Å². The van der Waals surface area contributed by atoms with Gasteiger partial charge < -0.3 is 8.83 Å². The van der Waals surface area contributed by atoms with E-state index in [0.29, 0.717) is 22.2 Å². The molecule has 3 heterocycles. The average Bonchev–Trinajstić information content (AvgIpc) is 2.98. The second-order valence-corrected chi connectivity index (χ2v) is 5.87. The lowest BCUT2D eigenvalue weighted by molar-refractivity contribution is 0.163. The summed E-state index contributed by atoms with van der Waals surface area (Å²) in [6.45, 7) is 5.21. The summed E-state index contributed by atoms with van der Waals surface area (Å²) in [7, 11) is 0. The number of rotatable bonds is 3. The first-order chi connectivity index (χ1) is 9.20. The quantitative estimate of drug-likeness (QED) is 0.866. The van der Waals surface area contributed by atoms with Crippen LogP contribution in [0.4, 0.5) is 0 Å². The van der Waals surface area contributed by atoms with Crippen molar-refractivity contribution in [2.45, 2.75) is 26.3 Å². The Labute approximate surface area is 120 Å². The molecule has 0 N–H and O–H groups in total. The van der Waals surface area contributed by atoms with Crippen molar-refractivity contribution < 1.29 is 8.83 Å². The van der Waals surface area contributed by atoms with Gasteiger partial charge in [0.15, 0.2) is 10.4 Å². The van der Waals surface area contributed by atoms with Gasteiger partial charge in [0.25, 0.3) is 5.89 Å². The smallest absolute Gasteiger partial charge is 0.283 e. The van der Waals surface area contributed by atoms with E-state index in [1.165, 1.54) is 12.8 Å². The summed E-state index contributed by atoms with van der Waals surface area (Å²) in [4.78, 5) is 2.36. The number of hydrogen-bond acceptors (Lipinski definition) is 5. The van der Waals surface area contributed by atoms with Gasteiger partial charge in [-0.2, -0.15) is 0 Å². The molecule has 2 aromatic heterocycles. The Morgan fingerprint density at radius 3 is 3.00 bits per heavy atom. The second kappa shape index (κ2) is 5.46. The zero-order chi connectivity index (χ0) is 13.2. The molecular formula is C13H16BrN3O2. The van der Waals surface area contributed by atoms with E-state index < -0.39 is 0 Å². The lowest BCUT2D eigenvalue weighted by atomic mass is 10.0. The highest BCUT2D eigenvalue weighted by atomic mass is 79.9. The van der Waals surface area contributed by atoms with E-state index >= 15 is 0 Å². The maximum atomic E-state index is 5.64. The van der Waals surface area contributed by atoms with Crippen molar-refractivity contribution >= 4 is 15.9 Å². The first-order valence-electron chi connectivity index (χ1n) is 6.51. The Balaban J connectivity index is 1.68. The molecule has 1 atom stereocenters. The van der Waals surface area contributed by atoms with Crippen LogP contribution >= 0.6 is 15.9 Å². The van der Waals surface area contributed by atoms with Crippen molar-refractivity contribution in [3.05, 3.63) is 22.7 Å². The summed E-state index contributed by atoms with van der Waals surface area (Å²) >= 11 is 3.26. The minimum Gasteiger partial charge on any atom is -0.444 e. The number of likely N-dealkylation sites (tertiary alicyclic amines) is 1. The summed E-state index contributed by atoms with van der Waals surface area (Å²) in [5, 5.41) is 8.11. The predicted octanol–water partition coefficient (Wildman–Crippen LogP) is 3.32. The second-order valence-electron chi connectivity index (χ2n) is 5.09. The van der Waals surface area contributed by atoms with Crippen LogP contribution in [0.1, 0.15) is 25.7 Å². The number of aromatic nitrogens is 2. The normalized spacial score (nSPS) is 20.8. The zero-order valence-electron chi connectivity index (χ0n) is 10.8. The van der Waals surface area contributed by atoms with Gasteiger partial charge in [0.05, 0.1) is 6.54 Å². The van der Waals surface area contributed by atoms with Crippen LogP contribution in [0.15, 0.2) is 25.6 Å². The number of nitrogens with zero attached hydrogens (tertiary/aromatic N) is 3. The van der Waals surface area contributed by atoms with Crippen LogP contribution < -0.4 is 0 Å². The largest absolute Gasteiger partial charge is 0.444 e. The molecule has 1 saturated heterocycles. The molecule has 1 aliphatic rings. The van der Waals surface area contributed by atoms with E-state index in [-0.39, 0.29) is 0 Å². The third-order valence-corrected chi connectivity index (χ3v) is 3.78. The van der Waals surface area contributed by atoms with Crippen LogP contribution in [-0.4, -0.2) is 28.2 Å². The van der Waals surface area contributed by atoms with E-state index in [1.807, 2.05) is 12.1 Å². The molecular weight excluding hydrogens is 310 g/mol. The maximum Gasteiger partial charge on any atom is 0.283 e. The highest BCUT2D eigenvalue weighted by Crippen LogP contribution is 2.24. The lowest BCUT2D eigenvalue weighted by Crippen LogP contribution is -2.33. The molecule has 0 saturated carbocycles. The molecule has 19 heavy (non-hydrogen) atoms. The van der Waals surface area contributed by atoms with Gasteiger partial charge >= 0.3 is 0 Å². The fraction of sp³-hybridized carbons (Fsp3) is 0.538. The molecule has 2 aromatic rings. The Bertz CT molecular complexity index is 552. The summed E-state index contributed by atoms with van der Waals surface area (Å²) in [5.41, 5.74) is 0. The van der Waals surface area contributed by atoms with Gasteiger partial charge in [0.2, 0.25) is 5.89 Å². The first kappa shape index (κ1) is 12.9. The molecule has 0 bridgehead atoms. The van der Waals surface area contributed by atoms with Crippen LogP contribution in [0, 0.1) is 5.92 Å². The molecule has 102 valence electrons. The number of piperidine rings is 1. The van der Waals surface area contributed by atoms with E-state index in [1.54, 1.807) is 0 Å². The monoisotopic (exact) mass is 325 g/mol. The van der Waals surface area contributed by atoms with Gasteiger partial charge in [0, 0.05) is 6.54 Å². The number of halogens is 1. The highest BCUT2D eigenvalue weighted by Gasteiger charge is 2.19. The van der Waals surface area contributed by atoms with E-state index in [2.05, 4.69) is 38.0 Å². The molecule has 0 radical (unpaired) electrons. The molecule has 0 aliphatic carbocycles. The molecule has 0 amide bonds. The van der Waals surface area contributed by atoms with Crippen LogP contribution in [0.25, 0.3) is 11.7 Å². The molecule has 5 nitrogen and oxygen atoms in total. The Morgan fingerprint density at radius 1 is 1.37 bits per heavy atom. The van der Waals surface area contributed by atoms with E-state index in [9.17, 15) is 0 Å². The summed E-state index contributed by atoms with van der Waals surface area (Å²) < 4.78 is 11.7. The van der Waals surface area contributed by atoms with Crippen molar-refractivity contribution in [3.8, 4) is 11.7 Å². The van der Waals surface area contributed by atoms with Gasteiger partial charge in [-0.15, -0.1) is 10.2 Å². The predicted molar refractivity (Wildman–Crippen MR) is 73.4 cm³/mol. The van der Waals surface area contributed by atoms with Crippen molar-refractivity contribution in [1.82, 2.24) is 15.1 Å². The van der Waals surface area contributed by atoms with Gasteiger partial charge in [-0.25, -0.2) is 0 Å². The van der Waals surface area contributed by atoms with Crippen molar-refractivity contribution in [2.24, 2.45) is 5.92 Å². The Kier molecular flexibility index (Phi) is 3.70. The van der Waals surface area contributed by atoms with E-state index in [4.69, 9.17) is 8.83 Å². The molecule has 0 spiro atoms. The van der Waals surface area contributed by atoms with Crippen molar-refractivity contribution in [2.75, 3.05) is 13.1 Å². The van der Waals surface area contributed by atoms with Gasteiger partial charge in [-0.05, 0) is 53.4 Å². The lowest BCUT2D eigenvalue weighted by Gasteiger charge is -2.29. The summed E-state index contributed by atoms with van der Waals surface area (Å²) in [6, 6.07) is 3.62. The van der Waals surface area contributed by atoms with Gasteiger partial charge in [-0.3, -0.25) is 4.90 Å². The molecule has 3 rings (SSSR count). The van der Waals surface area contributed by atoms with Gasteiger partial charge in [0.1, 0.15) is 0 Å². The molecule has 1 fully saturated rings. The minimum absolute atomic E-state index is 0.436. The maximum absolute atomic E-state index is 5.64. The third kappa shape index (κ3) is 3.06. The van der Waals surface area contributed by atoms with Gasteiger partial charge in [-0.1, -0.05) is 6.92 Å². The fourth-order valence-corrected chi connectivity index (χ4v) is 2.77. The third-order valence-electron chi connectivity index (χ3n) is 3.35. The summed E-state index contributed by atoms with van der Waals surface area (Å²) in [5.74, 6) is 2.43. The standard InChI is InChI=1S/C13H16BrN3O2/c1-9-3-2-6-17(7-9)8-12-15-16-13(19-12)10-4-5-11(14)18-10/h4-5,9H,2-3,6-8H2,1H3/t9-/m0/s1. The Morgan fingerprint density at radius 2 is 2.26 bits per heavy atom.